The summed E-state index contributed by atoms with van der Waals surface area (Å²) in [6.45, 7) is 10.5. The highest BCUT2D eigenvalue weighted by Crippen LogP contribution is 2.28. The maximum atomic E-state index is 12.9. The number of amides is 4. The summed E-state index contributed by atoms with van der Waals surface area (Å²) in [5.41, 5.74) is 3.76. The van der Waals surface area contributed by atoms with Crippen molar-refractivity contribution in [2.24, 2.45) is 0 Å². The number of likely N-dealkylation sites (N-methyl/N-ethyl adjacent to an activating group) is 1. The van der Waals surface area contributed by atoms with Gasteiger partial charge in [-0.25, -0.2) is 9.59 Å². The number of carbonyl (C=O) groups is 4. The Labute approximate surface area is 339 Å². The summed E-state index contributed by atoms with van der Waals surface area (Å²) in [5, 5.41) is 6.36. The first-order chi connectivity index (χ1) is 27.3. The van der Waals surface area contributed by atoms with Gasteiger partial charge in [0, 0.05) is 90.2 Å². The number of benzene rings is 3. The molecule has 12 heteroatoms. The van der Waals surface area contributed by atoms with Crippen LogP contribution in [-0.2, 0) is 14.3 Å². The minimum Gasteiger partial charge on any atom is -0.446 e. The molecule has 0 unspecified atom stereocenters. The zero-order valence-corrected chi connectivity index (χ0v) is 34.9. The van der Waals surface area contributed by atoms with E-state index < -0.39 is 11.7 Å². The molecule has 57 heavy (non-hydrogen) atoms. The van der Waals surface area contributed by atoms with Gasteiger partial charge in [-0.3, -0.25) is 14.9 Å². The first-order valence-electron chi connectivity index (χ1n) is 20.4. The van der Waals surface area contributed by atoms with Crippen LogP contribution in [0.5, 0.6) is 0 Å². The number of carbonyl (C=O) groups excluding carboxylic acids is 4. The molecule has 0 saturated carbocycles. The zero-order valence-electron chi connectivity index (χ0n) is 34.9. The highest BCUT2D eigenvalue weighted by atomic mass is 16.6. The molecule has 1 fully saturated rings. The van der Waals surface area contributed by atoms with Gasteiger partial charge in [-0.15, -0.1) is 0 Å². The predicted molar refractivity (Wildman–Crippen MR) is 228 cm³/mol. The minimum atomic E-state index is -0.541. The van der Waals surface area contributed by atoms with Crippen LogP contribution in [0.3, 0.4) is 0 Å². The SMILES string of the molecule is CN(CCN1CCC(OC(=O)Nc2ccccc2-c2ccccc2)CC1)C(=O)CCCCCCNc1ccc(C(=O)N(C)CCCN(C)C(=O)OC(C)(C)C)cc1. The van der Waals surface area contributed by atoms with Gasteiger partial charge in [0.15, 0.2) is 0 Å². The zero-order chi connectivity index (χ0) is 41.2. The maximum Gasteiger partial charge on any atom is 0.411 e. The lowest BCUT2D eigenvalue weighted by molar-refractivity contribution is -0.130. The molecule has 0 atom stereocenters. The van der Waals surface area contributed by atoms with E-state index in [4.69, 9.17) is 9.47 Å². The molecular formula is C45H64N6O6. The minimum absolute atomic E-state index is 0.0583. The number of nitrogens with zero attached hydrogens (tertiary/aromatic N) is 4. The topological polar surface area (TPSA) is 124 Å². The second-order valence-corrected chi connectivity index (χ2v) is 15.9. The number of rotatable bonds is 19. The van der Waals surface area contributed by atoms with E-state index in [0.717, 1.165) is 87.2 Å². The molecule has 12 nitrogen and oxygen atoms in total. The van der Waals surface area contributed by atoms with Crippen LogP contribution in [0.1, 0.15) is 82.5 Å². The predicted octanol–water partition coefficient (Wildman–Crippen LogP) is 8.22. The molecule has 0 aliphatic carbocycles. The van der Waals surface area contributed by atoms with E-state index in [9.17, 15) is 19.2 Å². The summed E-state index contributed by atoms with van der Waals surface area (Å²) < 4.78 is 11.2. The third-order valence-corrected chi connectivity index (χ3v) is 10.1. The monoisotopic (exact) mass is 784 g/mol. The molecule has 1 aliphatic heterocycles. The number of para-hydroxylation sites is 1. The normalized spacial score (nSPS) is 13.4. The quantitative estimate of drug-likeness (QED) is 0.117. The molecule has 310 valence electrons. The van der Waals surface area contributed by atoms with Crippen LogP contribution in [-0.4, -0.2) is 122 Å². The lowest BCUT2D eigenvalue weighted by Crippen LogP contribution is -2.42. The molecule has 4 amide bonds. The van der Waals surface area contributed by atoms with E-state index in [1.807, 2.05) is 112 Å². The molecule has 3 aromatic carbocycles. The Hall–Kier alpha value is -5.10. The van der Waals surface area contributed by atoms with Crippen molar-refractivity contribution in [2.75, 3.05) is 77.6 Å². The van der Waals surface area contributed by atoms with Gasteiger partial charge < -0.3 is 34.4 Å². The summed E-state index contributed by atoms with van der Waals surface area (Å²) in [7, 11) is 5.35. The molecule has 4 rings (SSSR count). The number of likely N-dealkylation sites (tertiary alicyclic amines) is 1. The van der Waals surface area contributed by atoms with Gasteiger partial charge in [0.05, 0.1) is 5.69 Å². The van der Waals surface area contributed by atoms with Gasteiger partial charge in [-0.1, -0.05) is 61.4 Å². The Morgan fingerprint density at radius 2 is 1.39 bits per heavy atom. The fourth-order valence-electron chi connectivity index (χ4n) is 6.63. The van der Waals surface area contributed by atoms with Crippen LogP contribution in [0.25, 0.3) is 11.1 Å². The first-order valence-corrected chi connectivity index (χ1v) is 20.4. The highest BCUT2D eigenvalue weighted by molar-refractivity contribution is 5.94. The smallest absolute Gasteiger partial charge is 0.411 e. The van der Waals surface area contributed by atoms with Gasteiger partial charge in [0.2, 0.25) is 5.91 Å². The number of anilines is 2. The van der Waals surface area contributed by atoms with Gasteiger partial charge in [-0.2, -0.15) is 0 Å². The molecule has 0 radical (unpaired) electrons. The standard InChI is InChI=1S/C45H64N6O6/c1-45(2,3)57-44(55)50(6)30-16-29-49(5)42(53)36-22-24-37(25-23-36)46-28-15-8-7-12-21-41(52)48(4)33-34-51-31-26-38(27-32-51)56-43(54)47-40-20-14-13-19-39(40)35-17-10-9-11-18-35/h9-11,13-14,17-20,22-25,38,46H,7-8,12,15-16,21,26-34H2,1-6H3,(H,47,54). The average molecular weight is 785 g/mol. The van der Waals surface area contributed by atoms with Crippen molar-refractivity contribution in [2.45, 2.75) is 83.8 Å². The van der Waals surface area contributed by atoms with Crippen LogP contribution < -0.4 is 10.6 Å². The number of hydrogen-bond donors (Lipinski definition) is 2. The molecule has 0 spiro atoms. The molecule has 2 N–H and O–H groups in total. The molecule has 1 saturated heterocycles. The number of piperidine rings is 1. The van der Waals surface area contributed by atoms with Crippen LogP contribution >= 0.6 is 0 Å². The number of nitrogens with one attached hydrogen (secondary N) is 2. The van der Waals surface area contributed by atoms with Gasteiger partial charge >= 0.3 is 12.2 Å². The molecule has 3 aromatic rings. The number of ether oxygens (including phenoxy) is 2. The third kappa shape index (κ3) is 15.8. The molecule has 1 heterocycles. The Kier molecular flexibility index (Phi) is 17.7. The van der Waals surface area contributed by atoms with Crippen LogP contribution in [0.15, 0.2) is 78.9 Å². The lowest BCUT2D eigenvalue weighted by Gasteiger charge is -2.32. The van der Waals surface area contributed by atoms with Crippen LogP contribution in [0, 0.1) is 0 Å². The average Bonchev–Trinajstić information content (AvgIpc) is 3.19. The van der Waals surface area contributed by atoms with E-state index in [2.05, 4.69) is 15.5 Å². The molecule has 0 bridgehead atoms. The summed E-state index contributed by atoms with van der Waals surface area (Å²) in [6, 6.07) is 25.2. The molecular weight excluding hydrogens is 721 g/mol. The van der Waals surface area contributed by atoms with E-state index in [0.29, 0.717) is 38.0 Å². The number of hydrogen-bond acceptors (Lipinski definition) is 8. The van der Waals surface area contributed by atoms with Crippen molar-refractivity contribution in [3.63, 3.8) is 0 Å². The van der Waals surface area contributed by atoms with E-state index in [1.54, 1.807) is 19.0 Å². The number of unbranched alkanes of at least 4 members (excludes halogenated alkanes) is 3. The highest BCUT2D eigenvalue weighted by Gasteiger charge is 2.24. The second-order valence-electron chi connectivity index (χ2n) is 15.9. The second kappa shape index (κ2) is 22.6. The summed E-state index contributed by atoms with van der Waals surface area (Å²) >= 11 is 0. The Morgan fingerprint density at radius 3 is 2.09 bits per heavy atom. The molecule has 1 aliphatic rings. The van der Waals surface area contributed by atoms with E-state index >= 15 is 0 Å². The van der Waals surface area contributed by atoms with Crippen LogP contribution in [0.4, 0.5) is 21.0 Å². The van der Waals surface area contributed by atoms with Gasteiger partial charge in [0.1, 0.15) is 11.7 Å². The van der Waals surface area contributed by atoms with Crippen molar-refractivity contribution in [3.8, 4) is 11.1 Å². The van der Waals surface area contributed by atoms with Crippen molar-refractivity contribution < 1.29 is 28.7 Å². The Morgan fingerprint density at radius 1 is 0.737 bits per heavy atom. The van der Waals surface area contributed by atoms with Crippen molar-refractivity contribution in [3.05, 3.63) is 84.4 Å². The Balaban J connectivity index is 1.01. The maximum absolute atomic E-state index is 12.9. The van der Waals surface area contributed by atoms with Gasteiger partial charge in [-0.05, 0) is 88.8 Å². The van der Waals surface area contributed by atoms with E-state index in [-0.39, 0.29) is 24.0 Å². The van der Waals surface area contributed by atoms with E-state index in [1.165, 1.54) is 4.90 Å². The largest absolute Gasteiger partial charge is 0.446 e. The lowest BCUT2D eigenvalue weighted by atomic mass is 10.0. The summed E-state index contributed by atoms with van der Waals surface area (Å²) in [4.78, 5) is 57.9. The van der Waals surface area contributed by atoms with Gasteiger partial charge in [0.25, 0.3) is 5.91 Å². The van der Waals surface area contributed by atoms with Crippen molar-refractivity contribution >= 4 is 35.4 Å². The Bertz CT molecular complexity index is 1710. The summed E-state index contributed by atoms with van der Waals surface area (Å²) in [5.74, 6) is 0.115. The third-order valence-electron chi connectivity index (χ3n) is 10.1. The van der Waals surface area contributed by atoms with Crippen LogP contribution in [0.2, 0.25) is 0 Å². The molecule has 0 aromatic heterocycles. The fraction of sp³-hybridized carbons (Fsp3) is 0.511. The summed E-state index contributed by atoms with van der Waals surface area (Å²) in [6.07, 6.45) is 5.68. The first kappa shape index (κ1) is 44.6. The fourth-order valence-corrected chi connectivity index (χ4v) is 6.63. The van der Waals surface area contributed by atoms with Crippen molar-refractivity contribution in [1.29, 1.82) is 0 Å². The van der Waals surface area contributed by atoms with Crippen molar-refractivity contribution in [1.82, 2.24) is 19.6 Å².